The van der Waals surface area contributed by atoms with E-state index in [1.165, 1.54) is 4.57 Å². The molecule has 0 saturated carbocycles. The number of hydrogen-bond acceptors (Lipinski definition) is 7. The summed E-state index contributed by atoms with van der Waals surface area (Å²) >= 11 is 6.17. The first kappa shape index (κ1) is 24.2. The van der Waals surface area contributed by atoms with Crippen LogP contribution in [0, 0.1) is 18.3 Å². The molecule has 0 atom stereocenters. The third kappa shape index (κ3) is 5.16. The molecule has 2 aromatic rings. The molecular formula is C23H22N4O4S2. The van der Waals surface area contributed by atoms with Crippen LogP contribution in [0.15, 0.2) is 40.0 Å². The van der Waals surface area contributed by atoms with Gasteiger partial charge in [0.25, 0.3) is 11.5 Å². The van der Waals surface area contributed by atoms with Crippen LogP contribution in [0.3, 0.4) is 0 Å². The predicted molar refractivity (Wildman–Crippen MR) is 132 cm³/mol. The number of nitrogens with one attached hydrogen (secondary N) is 1. The van der Waals surface area contributed by atoms with Crippen LogP contribution in [0.25, 0.3) is 6.08 Å². The van der Waals surface area contributed by atoms with E-state index in [9.17, 15) is 19.6 Å². The van der Waals surface area contributed by atoms with Crippen molar-refractivity contribution in [3.05, 3.63) is 67.8 Å². The second kappa shape index (κ2) is 10.5. The number of carboxylic acids is 1. The summed E-state index contributed by atoms with van der Waals surface area (Å²) in [5.41, 5.74) is 1.68. The van der Waals surface area contributed by atoms with Gasteiger partial charge in [0.05, 0.1) is 4.91 Å². The molecule has 170 valence electrons. The lowest BCUT2D eigenvalue weighted by Crippen LogP contribution is -2.33. The highest BCUT2D eigenvalue weighted by atomic mass is 32.2. The number of benzene rings is 1. The van der Waals surface area contributed by atoms with Crippen LogP contribution in [0.5, 0.6) is 0 Å². The minimum atomic E-state index is -1.17. The SMILES string of the molecule is CCn1c(NCCc2ccccc2)c(/C=C2/SC(=S)N(CC(=O)O)C2=O)c(C)c(C#N)c1=O. The van der Waals surface area contributed by atoms with Gasteiger partial charge in [-0.1, -0.05) is 54.3 Å². The molecular weight excluding hydrogens is 460 g/mol. The Morgan fingerprint density at radius 2 is 2.00 bits per heavy atom. The summed E-state index contributed by atoms with van der Waals surface area (Å²) < 4.78 is 1.62. The van der Waals surface area contributed by atoms with Crippen LogP contribution in [-0.2, 0) is 22.6 Å². The number of anilines is 1. The van der Waals surface area contributed by atoms with Crippen LogP contribution in [0.1, 0.15) is 29.2 Å². The number of aliphatic carboxylic acids is 1. The van der Waals surface area contributed by atoms with Crippen LogP contribution >= 0.6 is 24.0 Å². The lowest BCUT2D eigenvalue weighted by atomic mass is 10.0. The Morgan fingerprint density at radius 3 is 2.61 bits per heavy atom. The Balaban J connectivity index is 2.05. The first-order chi connectivity index (χ1) is 15.8. The number of hydrogen-bond donors (Lipinski definition) is 2. The number of carboxylic acid groups (broad SMARTS) is 1. The molecule has 1 aromatic heterocycles. The van der Waals surface area contributed by atoms with E-state index in [-0.39, 0.29) is 14.8 Å². The Bertz CT molecular complexity index is 1250. The summed E-state index contributed by atoms with van der Waals surface area (Å²) in [4.78, 5) is 38.0. The molecule has 33 heavy (non-hydrogen) atoms. The van der Waals surface area contributed by atoms with Gasteiger partial charge in [-0.15, -0.1) is 0 Å². The van der Waals surface area contributed by atoms with Gasteiger partial charge in [-0.3, -0.25) is 23.9 Å². The molecule has 10 heteroatoms. The first-order valence-electron chi connectivity index (χ1n) is 10.2. The van der Waals surface area contributed by atoms with Crippen molar-refractivity contribution in [1.29, 1.82) is 5.26 Å². The van der Waals surface area contributed by atoms with E-state index in [0.717, 1.165) is 22.2 Å². The van der Waals surface area contributed by atoms with E-state index in [4.69, 9.17) is 17.3 Å². The Hall–Kier alpha value is -3.42. The highest BCUT2D eigenvalue weighted by Gasteiger charge is 2.34. The number of carbonyl (C=O) groups is 2. The maximum atomic E-state index is 12.9. The van der Waals surface area contributed by atoms with Crippen molar-refractivity contribution in [2.75, 3.05) is 18.4 Å². The third-order valence-corrected chi connectivity index (χ3v) is 6.56. The number of nitrogens with zero attached hydrogens (tertiary/aromatic N) is 3. The van der Waals surface area contributed by atoms with Crippen molar-refractivity contribution in [3.8, 4) is 6.07 Å². The topological polar surface area (TPSA) is 115 Å². The molecule has 1 aromatic carbocycles. The van der Waals surface area contributed by atoms with Gasteiger partial charge in [0.1, 0.15) is 28.3 Å². The third-order valence-electron chi connectivity index (χ3n) is 5.18. The molecule has 1 saturated heterocycles. The van der Waals surface area contributed by atoms with Crippen LogP contribution in [-0.4, -0.2) is 43.9 Å². The number of carbonyl (C=O) groups excluding carboxylic acids is 1. The Morgan fingerprint density at radius 1 is 1.30 bits per heavy atom. The van der Waals surface area contributed by atoms with E-state index in [1.807, 2.05) is 36.4 Å². The van der Waals surface area contributed by atoms with Gasteiger partial charge in [0, 0.05) is 18.7 Å². The normalized spacial score (nSPS) is 14.6. The molecule has 0 unspecified atom stereocenters. The molecule has 0 spiro atoms. The minimum Gasteiger partial charge on any atom is -0.480 e. The van der Waals surface area contributed by atoms with Crippen molar-refractivity contribution >= 4 is 52.1 Å². The maximum Gasteiger partial charge on any atom is 0.323 e. The Labute approximate surface area is 200 Å². The number of nitriles is 1. The van der Waals surface area contributed by atoms with E-state index < -0.39 is 24.0 Å². The van der Waals surface area contributed by atoms with Gasteiger partial charge in [0.2, 0.25) is 0 Å². The summed E-state index contributed by atoms with van der Waals surface area (Å²) in [6.07, 6.45) is 2.28. The zero-order valence-corrected chi connectivity index (χ0v) is 19.8. The molecule has 3 rings (SSSR count). The lowest BCUT2D eigenvalue weighted by molar-refractivity contribution is -0.140. The summed E-state index contributed by atoms with van der Waals surface area (Å²) in [6.45, 7) is 3.78. The van der Waals surface area contributed by atoms with Gasteiger partial charge in [0.15, 0.2) is 0 Å². The second-order valence-corrected chi connectivity index (χ2v) is 8.92. The highest BCUT2D eigenvalue weighted by molar-refractivity contribution is 8.26. The molecule has 8 nitrogen and oxygen atoms in total. The molecule has 2 N–H and O–H groups in total. The van der Waals surface area contributed by atoms with Crippen molar-refractivity contribution in [1.82, 2.24) is 9.47 Å². The monoisotopic (exact) mass is 482 g/mol. The molecule has 0 bridgehead atoms. The molecule has 1 aliphatic rings. The number of amides is 1. The van der Waals surface area contributed by atoms with Gasteiger partial charge in [-0.2, -0.15) is 5.26 Å². The van der Waals surface area contributed by atoms with E-state index in [1.54, 1.807) is 19.9 Å². The van der Waals surface area contributed by atoms with Crippen molar-refractivity contribution in [2.45, 2.75) is 26.8 Å². The van der Waals surface area contributed by atoms with Crippen LogP contribution in [0.2, 0.25) is 0 Å². The van der Waals surface area contributed by atoms with Gasteiger partial charge in [-0.25, -0.2) is 0 Å². The molecule has 0 aliphatic carbocycles. The Kier molecular flexibility index (Phi) is 7.68. The molecule has 1 amide bonds. The first-order valence-corrected chi connectivity index (χ1v) is 11.4. The summed E-state index contributed by atoms with van der Waals surface area (Å²) in [7, 11) is 0. The van der Waals surface area contributed by atoms with Crippen molar-refractivity contribution < 1.29 is 14.7 Å². The van der Waals surface area contributed by atoms with Crippen molar-refractivity contribution in [2.24, 2.45) is 0 Å². The van der Waals surface area contributed by atoms with Gasteiger partial charge in [-0.05, 0) is 37.5 Å². The minimum absolute atomic E-state index is 0.00211. The fraction of sp³-hybridized carbons (Fsp3) is 0.261. The van der Waals surface area contributed by atoms with E-state index in [2.05, 4.69) is 5.32 Å². The van der Waals surface area contributed by atoms with E-state index >= 15 is 0 Å². The van der Waals surface area contributed by atoms with Crippen molar-refractivity contribution in [3.63, 3.8) is 0 Å². The number of pyridine rings is 1. The fourth-order valence-corrected chi connectivity index (χ4v) is 4.76. The number of aromatic nitrogens is 1. The fourth-order valence-electron chi connectivity index (χ4n) is 3.53. The average molecular weight is 483 g/mol. The maximum absolute atomic E-state index is 12.9. The summed E-state index contributed by atoms with van der Waals surface area (Å²) in [5, 5.41) is 22.0. The molecule has 1 aliphatic heterocycles. The number of rotatable bonds is 8. The number of thioether (sulfide) groups is 1. The summed E-state index contributed by atoms with van der Waals surface area (Å²) in [5.74, 6) is -1.19. The van der Waals surface area contributed by atoms with Crippen LogP contribution in [0.4, 0.5) is 5.82 Å². The van der Waals surface area contributed by atoms with Crippen LogP contribution < -0.4 is 10.9 Å². The smallest absolute Gasteiger partial charge is 0.323 e. The molecule has 2 heterocycles. The quantitative estimate of drug-likeness (QED) is 0.436. The predicted octanol–water partition coefficient (Wildman–Crippen LogP) is 2.99. The number of thiocarbonyl (C=S) groups is 1. The largest absolute Gasteiger partial charge is 0.480 e. The zero-order valence-electron chi connectivity index (χ0n) is 18.1. The zero-order chi connectivity index (χ0) is 24.1. The van der Waals surface area contributed by atoms with E-state index in [0.29, 0.717) is 36.5 Å². The lowest BCUT2D eigenvalue weighted by Gasteiger charge is -2.19. The summed E-state index contributed by atoms with van der Waals surface area (Å²) in [6, 6.07) is 11.8. The van der Waals surface area contributed by atoms with Gasteiger partial charge >= 0.3 is 5.97 Å². The van der Waals surface area contributed by atoms with Gasteiger partial charge < -0.3 is 10.4 Å². The molecule has 0 radical (unpaired) electrons. The second-order valence-electron chi connectivity index (χ2n) is 7.25. The average Bonchev–Trinajstić information content (AvgIpc) is 3.04. The standard InChI is InChI=1S/C23H22N4O4S2/c1-3-26-20(25-10-9-15-7-5-4-6-8-15)16(14(2)17(12-24)21(26)30)11-18-22(31)27(13-19(28)29)23(32)33-18/h4-8,11,25H,3,9-10,13H2,1-2H3,(H,28,29)/b18-11+. The highest BCUT2D eigenvalue weighted by Crippen LogP contribution is 2.34. The molecule has 1 fully saturated rings.